The Hall–Kier alpha value is -2.73. The Bertz CT molecular complexity index is 780. The van der Waals surface area contributed by atoms with Crippen LogP contribution in [0.2, 0.25) is 5.02 Å². The number of carbonyl (C=O) groups excluding carboxylic acids is 2. The van der Waals surface area contributed by atoms with Crippen molar-refractivity contribution < 1.29 is 19.1 Å². The quantitative estimate of drug-likeness (QED) is 0.529. The summed E-state index contributed by atoms with van der Waals surface area (Å²) >= 11 is 5.96. The Morgan fingerprint density at radius 1 is 1.08 bits per heavy atom. The number of methoxy groups -OCH3 is 1. The summed E-state index contributed by atoms with van der Waals surface area (Å²) in [6.45, 7) is 2.35. The summed E-state index contributed by atoms with van der Waals surface area (Å²) in [6.07, 6.45) is 1.72. The van der Waals surface area contributed by atoms with Gasteiger partial charge in [0.2, 0.25) is 0 Å². The van der Waals surface area contributed by atoms with E-state index >= 15 is 0 Å². The maximum absolute atomic E-state index is 12.3. The summed E-state index contributed by atoms with van der Waals surface area (Å²) < 4.78 is 10.4. The number of para-hydroxylation sites is 1. The van der Waals surface area contributed by atoms with Crippen LogP contribution in [0.5, 0.6) is 5.75 Å². The number of unbranched alkanes of at least 4 members (excludes halogenated alkanes) is 1. The molecule has 0 fully saturated rings. The Morgan fingerprint density at radius 2 is 1.81 bits per heavy atom. The van der Waals surface area contributed by atoms with Crippen LogP contribution in [-0.2, 0) is 4.74 Å². The minimum atomic E-state index is -0.528. The predicted octanol–water partition coefficient (Wildman–Crippen LogP) is 4.95. The molecular formula is C19H21ClN2O4. The molecule has 0 heterocycles. The topological polar surface area (TPSA) is 76.7 Å². The van der Waals surface area contributed by atoms with Crippen molar-refractivity contribution in [2.24, 2.45) is 0 Å². The molecule has 2 aromatic rings. The normalized spacial score (nSPS) is 10.1. The Morgan fingerprint density at radius 3 is 2.54 bits per heavy atom. The molecule has 2 amide bonds. The molecule has 2 aromatic carbocycles. The maximum Gasteiger partial charge on any atom is 0.340 e. The first-order chi connectivity index (χ1) is 12.5. The average molecular weight is 377 g/mol. The second-order valence-electron chi connectivity index (χ2n) is 5.46. The third-order valence-electron chi connectivity index (χ3n) is 3.54. The molecule has 0 unspecified atom stereocenters. The number of nitrogens with one attached hydrogen (secondary N) is 2. The lowest BCUT2D eigenvalue weighted by Crippen LogP contribution is -2.21. The van der Waals surface area contributed by atoms with E-state index in [4.69, 9.17) is 21.1 Å². The highest BCUT2D eigenvalue weighted by atomic mass is 35.5. The molecule has 7 heteroatoms. The number of urea groups is 1. The maximum atomic E-state index is 12.3. The molecule has 0 aliphatic rings. The van der Waals surface area contributed by atoms with Gasteiger partial charge in [-0.05, 0) is 36.8 Å². The molecule has 0 atom stereocenters. The number of carbonyl (C=O) groups is 2. The lowest BCUT2D eigenvalue weighted by molar-refractivity contribution is 0.0501. The lowest BCUT2D eigenvalue weighted by atomic mass is 10.2. The molecule has 138 valence electrons. The molecule has 2 rings (SSSR count). The van der Waals surface area contributed by atoms with Gasteiger partial charge >= 0.3 is 12.0 Å². The summed E-state index contributed by atoms with van der Waals surface area (Å²) in [7, 11) is 1.49. The van der Waals surface area contributed by atoms with Crippen molar-refractivity contribution in [3.05, 3.63) is 53.1 Å². The SMILES string of the molecule is CCCCOC(=O)c1ccccc1NC(=O)Nc1cc(Cl)ccc1OC. The van der Waals surface area contributed by atoms with Gasteiger partial charge in [-0.15, -0.1) is 0 Å². The number of amides is 2. The molecule has 0 aromatic heterocycles. The van der Waals surface area contributed by atoms with Crippen LogP contribution in [0.4, 0.5) is 16.2 Å². The first kappa shape index (κ1) is 19.6. The summed E-state index contributed by atoms with van der Waals surface area (Å²) in [6, 6.07) is 11.0. The van der Waals surface area contributed by atoms with Gasteiger partial charge in [0, 0.05) is 5.02 Å². The van der Waals surface area contributed by atoms with Crippen molar-refractivity contribution in [2.45, 2.75) is 19.8 Å². The van der Waals surface area contributed by atoms with Gasteiger partial charge in [0.15, 0.2) is 0 Å². The van der Waals surface area contributed by atoms with E-state index in [1.54, 1.807) is 42.5 Å². The van der Waals surface area contributed by atoms with Gasteiger partial charge in [0.1, 0.15) is 5.75 Å². The number of benzene rings is 2. The molecular weight excluding hydrogens is 356 g/mol. The van der Waals surface area contributed by atoms with Crippen LogP contribution >= 0.6 is 11.6 Å². The third kappa shape index (κ3) is 5.39. The van der Waals surface area contributed by atoms with Gasteiger partial charge in [-0.3, -0.25) is 0 Å². The first-order valence-corrected chi connectivity index (χ1v) is 8.60. The number of rotatable bonds is 7. The van der Waals surface area contributed by atoms with Crippen molar-refractivity contribution in [1.29, 1.82) is 0 Å². The van der Waals surface area contributed by atoms with Crippen LogP contribution in [0.3, 0.4) is 0 Å². The molecule has 2 N–H and O–H groups in total. The predicted molar refractivity (Wildman–Crippen MR) is 102 cm³/mol. The molecule has 0 saturated heterocycles. The van der Waals surface area contributed by atoms with E-state index in [9.17, 15) is 9.59 Å². The molecule has 0 saturated carbocycles. The third-order valence-corrected chi connectivity index (χ3v) is 3.77. The van der Waals surface area contributed by atoms with Crippen LogP contribution in [0, 0.1) is 0 Å². The number of anilines is 2. The summed E-state index contributed by atoms with van der Waals surface area (Å²) in [4.78, 5) is 24.5. The molecule has 0 aliphatic heterocycles. The molecule has 6 nitrogen and oxygen atoms in total. The summed E-state index contributed by atoms with van der Waals surface area (Å²) in [5, 5.41) is 5.77. The largest absolute Gasteiger partial charge is 0.495 e. The molecule has 0 aliphatic carbocycles. The van der Waals surface area contributed by atoms with Crippen LogP contribution in [0.1, 0.15) is 30.1 Å². The van der Waals surface area contributed by atoms with Gasteiger partial charge in [-0.25, -0.2) is 9.59 Å². The number of hydrogen-bond acceptors (Lipinski definition) is 4. The van der Waals surface area contributed by atoms with E-state index in [0.717, 1.165) is 12.8 Å². The Kier molecular flexibility index (Phi) is 7.29. The number of hydrogen-bond donors (Lipinski definition) is 2. The molecule has 0 bridgehead atoms. The summed E-state index contributed by atoms with van der Waals surface area (Å²) in [5.41, 5.74) is 1.06. The second kappa shape index (κ2) is 9.68. The van der Waals surface area contributed by atoms with E-state index < -0.39 is 12.0 Å². The van der Waals surface area contributed by atoms with Gasteiger partial charge < -0.3 is 20.1 Å². The van der Waals surface area contributed by atoms with Gasteiger partial charge in [-0.1, -0.05) is 37.1 Å². The monoisotopic (exact) mass is 376 g/mol. The van der Waals surface area contributed by atoms with Crippen molar-refractivity contribution in [2.75, 3.05) is 24.4 Å². The van der Waals surface area contributed by atoms with Crippen molar-refractivity contribution in [1.82, 2.24) is 0 Å². The van der Waals surface area contributed by atoms with Gasteiger partial charge in [0.05, 0.1) is 30.7 Å². The van der Waals surface area contributed by atoms with Crippen LogP contribution < -0.4 is 15.4 Å². The van der Waals surface area contributed by atoms with Crippen LogP contribution in [0.25, 0.3) is 0 Å². The van der Waals surface area contributed by atoms with Crippen molar-refractivity contribution in [3.63, 3.8) is 0 Å². The van der Waals surface area contributed by atoms with Gasteiger partial charge in [0.25, 0.3) is 0 Å². The van der Waals surface area contributed by atoms with Crippen molar-refractivity contribution >= 4 is 35.0 Å². The first-order valence-electron chi connectivity index (χ1n) is 8.22. The number of ether oxygens (including phenoxy) is 2. The zero-order chi connectivity index (χ0) is 18.9. The second-order valence-corrected chi connectivity index (χ2v) is 5.90. The standard InChI is InChI=1S/C19H21ClN2O4/c1-3-4-11-26-18(23)14-7-5-6-8-15(14)21-19(24)22-16-12-13(20)9-10-17(16)25-2/h5-10,12H,3-4,11H2,1-2H3,(H2,21,22,24). The van der Waals surface area contributed by atoms with E-state index in [2.05, 4.69) is 10.6 Å². The molecule has 26 heavy (non-hydrogen) atoms. The van der Waals surface area contributed by atoms with Gasteiger partial charge in [-0.2, -0.15) is 0 Å². The lowest BCUT2D eigenvalue weighted by Gasteiger charge is -2.13. The molecule has 0 radical (unpaired) electrons. The van der Waals surface area contributed by atoms with E-state index in [1.165, 1.54) is 7.11 Å². The Labute approximate surface area is 157 Å². The fourth-order valence-corrected chi connectivity index (χ4v) is 2.38. The van der Waals surface area contributed by atoms with E-state index in [1.807, 2.05) is 6.92 Å². The zero-order valence-corrected chi connectivity index (χ0v) is 15.4. The average Bonchev–Trinajstić information content (AvgIpc) is 2.62. The number of esters is 1. The van der Waals surface area contributed by atoms with Crippen molar-refractivity contribution in [3.8, 4) is 5.75 Å². The smallest absolute Gasteiger partial charge is 0.340 e. The minimum absolute atomic E-state index is 0.289. The minimum Gasteiger partial charge on any atom is -0.495 e. The fraction of sp³-hybridized carbons (Fsp3) is 0.263. The fourth-order valence-electron chi connectivity index (χ4n) is 2.21. The highest BCUT2D eigenvalue weighted by Crippen LogP contribution is 2.28. The Balaban J connectivity index is 2.10. The van der Waals surface area contributed by atoms with Crippen LogP contribution in [0.15, 0.2) is 42.5 Å². The molecule has 0 spiro atoms. The highest BCUT2D eigenvalue weighted by molar-refractivity contribution is 6.31. The van der Waals surface area contributed by atoms with Crippen LogP contribution in [-0.4, -0.2) is 25.7 Å². The highest BCUT2D eigenvalue weighted by Gasteiger charge is 2.15. The number of halogens is 1. The van der Waals surface area contributed by atoms with E-state index in [0.29, 0.717) is 28.8 Å². The van der Waals surface area contributed by atoms with E-state index in [-0.39, 0.29) is 5.56 Å². The zero-order valence-electron chi connectivity index (χ0n) is 14.7. The summed E-state index contributed by atoms with van der Waals surface area (Å²) in [5.74, 6) is -0.00787.